The van der Waals surface area contributed by atoms with Gasteiger partial charge in [-0.05, 0) is 98.1 Å². The number of aliphatic hydroxyl groups is 2. The Morgan fingerprint density at radius 1 is 0.633 bits per heavy atom. The first-order valence-corrected chi connectivity index (χ1v) is 20.6. The van der Waals surface area contributed by atoms with Crippen molar-refractivity contribution in [3.8, 4) is 45.8 Å². The number of hydrogen-bond acceptors (Lipinski definition) is 16. The number of amidine groups is 2. The lowest BCUT2D eigenvalue weighted by Crippen LogP contribution is -2.10. The zero-order valence-corrected chi connectivity index (χ0v) is 33.4. The molecule has 0 aliphatic carbocycles. The van der Waals surface area contributed by atoms with Crippen LogP contribution in [0.3, 0.4) is 0 Å². The van der Waals surface area contributed by atoms with Gasteiger partial charge in [0.1, 0.15) is 34.5 Å². The number of benzene rings is 4. The third kappa shape index (κ3) is 18.0. The van der Waals surface area contributed by atoms with Crippen molar-refractivity contribution in [2.24, 2.45) is 11.5 Å². The van der Waals surface area contributed by atoms with E-state index >= 15 is 0 Å². The predicted octanol–water partition coefficient (Wildman–Crippen LogP) is 2.90. The molecule has 0 spiro atoms. The van der Waals surface area contributed by atoms with Gasteiger partial charge in [-0.2, -0.15) is 16.8 Å². The minimum absolute atomic E-state index is 0.0579. The summed E-state index contributed by atoms with van der Waals surface area (Å²) in [6.07, 6.45) is 2.90. The average Bonchev–Trinajstić information content (AvgIpc) is 3.17. The van der Waals surface area contributed by atoms with Gasteiger partial charge in [-0.1, -0.05) is 0 Å². The molecule has 0 amide bonds. The average molecular weight is 879 g/mol. The topological polar surface area (TPSA) is 379 Å². The number of phenols is 3. The third-order valence-corrected chi connectivity index (χ3v) is 8.84. The summed E-state index contributed by atoms with van der Waals surface area (Å²) in [6, 6.07) is 22.1. The van der Waals surface area contributed by atoms with Crippen LogP contribution in [0.4, 0.5) is 0 Å². The molecule has 0 aliphatic rings. The van der Waals surface area contributed by atoms with Crippen LogP contribution >= 0.6 is 0 Å². The number of nitrogens with two attached hydrogens (primary N) is 2. The summed E-state index contributed by atoms with van der Waals surface area (Å²) in [5.74, 6) is -1.07. The molecular formula is C38H46N4O16S2. The van der Waals surface area contributed by atoms with Gasteiger partial charge in [0.2, 0.25) is 11.2 Å². The normalized spacial score (nSPS) is 10.8. The third-order valence-electron chi connectivity index (χ3n) is 7.44. The molecule has 60 heavy (non-hydrogen) atoms. The van der Waals surface area contributed by atoms with Crippen molar-refractivity contribution < 1.29 is 70.5 Å². The van der Waals surface area contributed by atoms with Crippen LogP contribution in [-0.2, 0) is 20.2 Å². The fourth-order valence-electron chi connectivity index (χ4n) is 4.49. The Labute approximate surface area is 344 Å². The molecule has 0 radical (unpaired) electrons. The molecule has 0 atom stereocenters. The van der Waals surface area contributed by atoms with Gasteiger partial charge in [0.25, 0.3) is 20.2 Å². The van der Waals surface area contributed by atoms with Crippen LogP contribution in [0.15, 0.2) is 94.1 Å². The van der Waals surface area contributed by atoms with E-state index in [4.69, 9.17) is 55.5 Å². The molecule has 0 bridgehead atoms. The lowest BCUT2D eigenvalue weighted by Gasteiger charge is -2.08. The van der Waals surface area contributed by atoms with E-state index in [0.29, 0.717) is 24.3 Å². The van der Waals surface area contributed by atoms with Gasteiger partial charge in [0.15, 0.2) is 17.3 Å². The standard InChI is InChI=1S/C19H24N4O2.C15H10O6.2C2H6O4S/c20-18(21)14-4-8-16(9-5-14)24-12-2-1-3-13-25-17-10-6-15(7-11-17)19(22)23;16-8-2-3-9-12(6-8)21-15(14(20)13(9)19)7-1-4-10(17)11(18)5-7;2*3-1-2-7(4,5)6/h4-11H,1-3,12-13H2,(H3,20,21)(H3,22,23);1-6,16-18,20H;2*3H,1-2H2,(H,4,5,6). The minimum Gasteiger partial charge on any atom is -0.508 e. The first-order valence-electron chi connectivity index (χ1n) is 17.4. The Morgan fingerprint density at radius 2 is 1.10 bits per heavy atom. The number of ether oxygens (including phenoxy) is 2. The summed E-state index contributed by atoms with van der Waals surface area (Å²) in [4.78, 5) is 12.1. The maximum Gasteiger partial charge on any atom is 0.267 e. The van der Waals surface area contributed by atoms with Crippen molar-refractivity contribution in [2.75, 3.05) is 37.9 Å². The largest absolute Gasteiger partial charge is 0.508 e. The van der Waals surface area contributed by atoms with E-state index in [1.807, 2.05) is 24.3 Å². The number of fused-ring (bicyclic) bond motifs is 1. The van der Waals surface area contributed by atoms with Gasteiger partial charge < -0.3 is 56.0 Å². The number of hydrogen-bond donors (Lipinski definition) is 12. The van der Waals surface area contributed by atoms with Gasteiger partial charge in [-0.15, -0.1) is 0 Å². The van der Waals surface area contributed by atoms with Gasteiger partial charge >= 0.3 is 0 Å². The highest BCUT2D eigenvalue weighted by atomic mass is 32.2. The Bertz CT molecular complexity index is 2370. The first-order chi connectivity index (χ1) is 28.1. The summed E-state index contributed by atoms with van der Waals surface area (Å²) in [7, 11) is -7.85. The number of phenolic OH excluding ortho intramolecular Hbond substituents is 3. The number of aromatic hydroxyl groups is 4. The van der Waals surface area contributed by atoms with Gasteiger partial charge in [0.05, 0.1) is 43.3 Å². The molecule has 4 aromatic carbocycles. The summed E-state index contributed by atoms with van der Waals surface area (Å²) in [5.41, 5.74) is 11.9. The second-order valence-corrected chi connectivity index (χ2v) is 15.3. The zero-order chi connectivity index (χ0) is 45.0. The van der Waals surface area contributed by atoms with Crippen LogP contribution in [0.25, 0.3) is 22.3 Å². The molecule has 1 heterocycles. The molecule has 0 aliphatic heterocycles. The SMILES string of the molecule is N=C(N)c1ccc(OCCCCCOc2ccc(C(=N)N)cc2)cc1.O=S(=O)(O)CCO.O=S(=O)(O)CCO.O=c1c(O)c(-c2ccc(O)c(O)c2)oc2cc(O)ccc12. The van der Waals surface area contributed by atoms with Crippen molar-refractivity contribution in [2.45, 2.75) is 19.3 Å². The van der Waals surface area contributed by atoms with Crippen LogP contribution in [-0.4, -0.2) is 106 Å². The molecule has 14 N–H and O–H groups in total. The summed E-state index contributed by atoms with van der Waals surface area (Å²) in [5, 5.41) is 68.7. The van der Waals surface area contributed by atoms with Crippen molar-refractivity contribution in [1.29, 1.82) is 10.8 Å². The van der Waals surface area contributed by atoms with E-state index in [1.54, 1.807) is 24.3 Å². The lowest BCUT2D eigenvalue weighted by molar-refractivity contribution is 0.279. The van der Waals surface area contributed by atoms with E-state index in [9.17, 15) is 42.1 Å². The molecule has 0 saturated carbocycles. The molecule has 22 heteroatoms. The molecule has 20 nitrogen and oxygen atoms in total. The van der Waals surface area contributed by atoms with Crippen LogP contribution in [0.2, 0.25) is 0 Å². The molecular weight excluding hydrogens is 833 g/mol. The molecule has 0 saturated heterocycles. The van der Waals surface area contributed by atoms with E-state index < -0.39 is 61.9 Å². The van der Waals surface area contributed by atoms with Crippen LogP contribution in [0.5, 0.6) is 34.5 Å². The first kappa shape index (κ1) is 49.7. The van der Waals surface area contributed by atoms with Gasteiger partial charge in [-0.3, -0.25) is 24.7 Å². The van der Waals surface area contributed by atoms with Crippen molar-refractivity contribution >= 4 is 42.9 Å². The fraction of sp³-hybridized carbons (Fsp3) is 0.237. The molecule has 326 valence electrons. The summed E-state index contributed by atoms with van der Waals surface area (Å²) >= 11 is 0. The zero-order valence-electron chi connectivity index (χ0n) is 31.8. The molecule has 5 aromatic rings. The van der Waals surface area contributed by atoms with Crippen LogP contribution in [0, 0.1) is 10.8 Å². The van der Waals surface area contributed by atoms with Crippen molar-refractivity contribution in [3.05, 3.63) is 106 Å². The second kappa shape index (κ2) is 23.8. The number of rotatable bonds is 15. The van der Waals surface area contributed by atoms with E-state index in [-0.39, 0.29) is 45.5 Å². The van der Waals surface area contributed by atoms with Crippen LogP contribution in [0.1, 0.15) is 30.4 Å². The smallest absolute Gasteiger partial charge is 0.267 e. The second-order valence-electron chi connectivity index (χ2n) is 12.1. The predicted molar refractivity (Wildman–Crippen MR) is 221 cm³/mol. The number of nitrogen functional groups attached to an aromatic ring is 2. The number of unbranched alkanes of at least 4 members (excludes halogenated alkanes) is 2. The highest BCUT2D eigenvalue weighted by Crippen LogP contribution is 2.35. The van der Waals surface area contributed by atoms with Crippen LogP contribution < -0.4 is 26.4 Å². The number of aliphatic hydroxyl groups excluding tert-OH is 2. The summed E-state index contributed by atoms with van der Waals surface area (Å²) < 4.78 is 70.9. The number of nitrogens with one attached hydrogen (secondary N) is 2. The Balaban J connectivity index is 0.000000317. The summed E-state index contributed by atoms with van der Waals surface area (Å²) in [6.45, 7) is 0.233. The molecule has 0 unspecified atom stereocenters. The van der Waals surface area contributed by atoms with Gasteiger partial charge in [-0.25, -0.2) is 0 Å². The van der Waals surface area contributed by atoms with E-state index in [2.05, 4.69) is 0 Å². The maximum absolute atomic E-state index is 12.1. The Hall–Kier alpha value is -6.43. The molecule has 0 fully saturated rings. The monoisotopic (exact) mass is 878 g/mol. The maximum atomic E-state index is 12.1. The fourth-order valence-corrected chi connectivity index (χ4v) is 4.95. The quantitative estimate of drug-likeness (QED) is 0.0236. The molecule has 1 aromatic heterocycles. The van der Waals surface area contributed by atoms with Crippen molar-refractivity contribution in [1.82, 2.24) is 0 Å². The Kier molecular flexibility index (Phi) is 19.8. The minimum atomic E-state index is -3.92. The highest BCUT2D eigenvalue weighted by molar-refractivity contribution is 7.86. The van der Waals surface area contributed by atoms with Gasteiger partial charge in [0, 0.05) is 22.8 Å². The van der Waals surface area contributed by atoms with E-state index in [0.717, 1.165) is 36.8 Å². The highest BCUT2D eigenvalue weighted by Gasteiger charge is 2.17. The molecule has 5 rings (SSSR count). The lowest BCUT2D eigenvalue weighted by atomic mass is 10.1. The Morgan fingerprint density at radius 3 is 1.48 bits per heavy atom. The van der Waals surface area contributed by atoms with Crippen molar-refractivity contribution in [3.63, 3.8) is 0 Å². The van der Waals surface area contributed by atoms with E-state index in [1.165, 1.54) is 30.3 Å².